The van der Waals surface area contributed by atoms with Crippen LogP contribution in [0.2, 0.25) is 0 Å². The van der Waals surface area contributed by atoms with Crippen molar-refractivity contribution in [3.05, 3.63) is 65.0 Å². The summed E-state index contributed by atoms with van der Waals surface area (Å²) < 4.78 is 30.5. The number of aliphatic hydroxyl groups is 1. The van der Waals surface area contributed by atoms with Gasteiger partial charge in [0.05, 0.1) is 36.5 Å². The number of benzene rings is 2. The first-order chi connectivity index (χ1) is 16.8. The van der Waals surface area contributed by atoms with Crippen molar-refractivity contribution >= 4 is 17.4 Å². The van der Waals surface area contributed by atoms with Gasteiger partial charge < -0.3 is 24.2 Å². The lowest BCUT2D eigenvalue weighted by Crippen LogP contribution is -2.31. The molecule has 1 amide bonds. The molecule has 1 fully saturated rings. The smallest absolute Gasteiger partial charge is 0.295 e. The van der Waals surface area contributed by atoms with Gasteiger partial charge in [-0.1, -0.05) is 12.1 Å². The standard InChI is InChI=1S/C27H32FNO6/c1-5-33-20-12-13-21(22(16-20)34-6-2)25(30)23-24(18-8-10-19(28)11-9-18)29(27(32)26(23)31)14-7-15-35-17(3)4/h8-13,16-17,24,30H,5-7,14-15H2,1-4H3/b25-23-. The predicted molar refractivity (Wildman–Crippen MR) is 130 cm³/mol. The van der Waals surface area contributed by atoms with Gasteiger partial charge in [0.1, 0.15) is 23.1 Å². The molecule has 1 aliphatic rings. The van der Waals surface area contributed by atoms with E-state index in [1.165, 1.54) is 29.2 Å². The Hall–Kier alpha value is -3.39. The van der Waals surface area contributed by atoms with E-state index in [2.05, 4.69) is 0 Å². The minimum Gasteiger partial charge on any atom is -0.507 e. The minimum atomic E-state index is -0.879. The van der Waals surface area contributed by atoms with Crippen molar-refractivity contribution < 1.29 is 33.3 Å². The zero-order valence-corrected chi connectivity index (χ0v) is 20.5. The Kier molecular flexibility index (Phi) is 8.87. The van der Waals surface area contributed by atoms with Gasteiger partial charge in [-0.25, -0.2) is 4.39 Å². The number of rotatable bonds is 11. The fourth-order valence-electron chi connectivity index (χ4n) is 4.03. The molecule has 0 bridgehead atoms. The van der Waals surface area contributed by atoms with E-state index in [1.807, 2.05) is 20.8 Å². The molecule has 0 spiro atoms. The van der Waals surface area contributed by atoms with Gasteiger partial charge in [-0.05, 0) is 63.9 Å². The zero-order valence-electron chi connectivity index (χ0n) is 20.5. The van der Waals surface area contributed by atoms with E-state index in [-0.39, 0.29) is 29.5 Å². The van der Waals surface area contributed by atoms with Crippen molar-refractivity contribution in [3.8, 4) is 11.5 Å². The average molecular weight is 486 g/mol. The zero-order chi connectivity index (χ0) is 25.5. The number of halogens is 1. The second-order valence-electron chi connectivity index (χ2n) is 8.34. The van der Waals surface area contributed by atoms with Crippen molar-refractivity contribution in [1.29, 1.82) is 0 Å². The SMILES string of the molecule is CCOc1ccc(/C(O)=C2/C(=O)C(=O)N(CCCOC(C)C)C2c2ccc(F)cc2)c(OCC)c1. The van der Waals surface area contributed by atoms with Gasteiger partial charge in [0.25, 0.3) is 11.7 Å². The first kappa shape index (κ1) is 26.2. The molecule has 2 aromatic carbocycles. The van der Waals surface area contributed by atoms with Crippen LogP contribution >= 0.6 is 0 Å². The number of nitrogens with zero attached hydrogens (tertiary/aromatic N) is 1. The van der Waals surface area contributed by atoms with E-state index in [0.717, 1.165) is 0 Å². The first-order valence-electron chi connectivity index (χ1n) is 11.8. The summed E-state index contributed by atoms with van der Waals surface area (Å²) in [6.07, 6.45) is 0.533. The number of hydrogen-bond donors (Lipinski definition) is 1. The number of ether oxygens (including phenoxy) is 3. The predicted octanol–water partition coefficient (Wildman–Crippen LogP) is 4.86. The molecule has 188 valence electrons. The lowest BCUT2D eigenvalue weighted by Gasteiger charge is -2.25. The van der Waals surface area contributed by atoms with E-state index in [1.54, 1.807) is 25.1 Å². The van der Waals surface area contributed by atoms with Crippen LogP contribution in [0.1, 0.15) is 51.3 Å². The molecule has 1 atom stereocenters. The maximum atomic E-state index is 13.7. The fraction of sp³-hybridized carbons (Fsp3) is 0.407. The van der Waals surface area contributed by atoms with Gasteiger partial charge in [0.2, 0.25) is 0 Å². The van der Waals surface area contributed by atoms with E-state index in [9.17, 15) is 19.1 Å². The summed E-state index contributed by atoms with van der Waals surface area (Å²) in [6.45, 7) is 8.89. The molecule has 8 heteroatoms. The molecule has 1 heterocycles. The largest absolute Gasteiger partial charge is 0.507 e. The van der Waals surface area contributed by atoms with Crippen molar-refractivity contribution in [3.63, 3.8) is 0 Å². The highest BCUT2D eigenvalue weighted by molar-refractivity contribution is 6.46. The highest BCUT2D eigenvalue weighted by Gasteiger charge is 2.46. The Bertz CT molecular complexity index is 1080. The van der Waals surface area contributed by atoms with E-state index >= 15 is 0 Å². The summed E-state index contributed by atoms with van der Waals surface area (Å²) in [6, 6.07) is 9.56. The second-order valence-corrected chi connectivity index (χ2v) is 8.34. The van der Waals surface area contributed by atoms with Crippen LogP contribution in [0.3, 0.4) is 0 Å². The van der Waals surface area contributed by atoms with Crippen LogP contribution in [0.25, 0.3) is 5.76 Å². The summed E-state index contributed by atoms with van der Waals surface area (Å²) in [5.41, 5.74) is 0.709. The Morgan fingerprint density at radius 3 is 2.37 bits per heavy atom. The Morgan fingerprint density at radius 2 is 1.74 bits per heavy atom. The number of likely N-dealkylation sites (tertiary alicyclic amines) is 1. The molecule has 3 rings (SSSR count). The molecule has 1 saturated heterocycles. The van der Waals surface area contributed by atoms with Crippen LogP contribution in [0.4, 0.5) is 4.39 Å². The van der Waals surface area contributed by atoms with Gasteiger partial charge in [-0.2, -0.15) is 0 Å². The van der Waals surface area contributed by atoms with Gasteiger partial charge in [-0.3, -0.25) is 9.59 Å². The third-order valence-corrected chi connectivity index (χ3v) is 5.54. The summed E-state index contributed by atoms with van der Waals surface area (Å²) in [5, 5.41) is 11.3. The Balaban J connectivity index is 2.09. The second kappa shape index (κ2) is 11.8. The van der Waals surface area contributed by atoms with E-state index < -0.39 is 23.5 Å². The van der Waals surface area contributed by atoms with Gasteiger partial charge >= 0.3 is 0 Å². The lowest BCUT2D eigenvalue weighted by molar-refractivity contribution is -0.140. The molecule has 35 heavy (non-hydrogen) atoms. The molecule has 1 aliphatic heterocycles. The maximum Gasteiger partial charge on any atom is 0.295 e. The molecule has 0 saturated carbocycles. The third-order valence-electron chi connectivity index (χ3n) is 5.54. The summed E-state index contributed by atoms with van der Waals surface area (Å²) >= 11 is 0. The first-order valence-corrected chi connectivity index (χ1v) is 11.8. The number of carbonyl (C=O) groups is 2. The molecule has 0 aliphatic carbocycles. The topological polar surface area (TPSA) is 85.3 Å². The van der Waals surface area contributed by atoms with Crippen LogP contribution in [0.5, 0.6) is 11.5 Å². The molecular formula is C27H32FNO6. The van der Waals surface area contributed by atoms with Crippen LogP contribution < -0.4 is 9.47 Å². The molecule has 0 aromatic heterocycles. The molecule has 1 N–H and O–H groups in total. The molecular weight excluding hydrogens is 453 g/mol. The van der Waals surface area contributed by atoms with E-state index in [0.29, 0.717) is 43.3 Å². The molecule has 0 radical (unpaired) electrons. The number of amides is 1. The summed E-state index contributed by atoms with van der Waals surface area (Å²) in [4.78, 5) is 27.6. The normalized spacial score (nSPS) is 17.3. The number of hydrogen-bond acceptors (Lipinski definition) is 6. The van der Waals surface area contributed by atoms with E-state index in [4.69, 9.17) is 14.2 Å². The van der Waals surface area contributed by atoms with Crippen LogP contribution in [0.15, 0.2) is 48.0 Å². The van der Waals surface area contributed by atoms with Crippen LogP contribution in [-0.4, -0.2) is 54.2 Å². The van der Waals surface area contributed by atoms with Gasteiger partial charge in [0, 0.05) is 19.2 Å². The van der Waals surface area contributed by atoms with Gasteiger partial charge in [-0.15, -0.1) is 0 Å². The summed E-state index contributed by atoms with van der Waals surface area (Å²) in [7, 11) is 0. The number of aliphatic hydroxyl groups excluding tert-OH is 1. The number of ketones is 1. The Morgan fingerprint density at radius 1 is 1.06 bits per heavy atom. The highest BCUT2D eigenvalue weighted by atomic mass is 19.1. The van der Waals surface area contributed by atoms with Crippen molar-refractivity contribution in [2.75, 3.05) is 26.4 Å². The number of Topliss-reactive ketones (excluding diaryl/α,β-unsaturated/α-hetero) is 1. The lowest BCUT2D eigenvalue weighted by atomic mass is 9.95. The van der Waals surface area contributed by atoms with Crippen LogP contribution in [-0.2, 0) is 14.3 Å². The highest BCUT2D eigenvalue weighted by Crippen LogP contribution is 2.41. The Labute approximate surface area is 205 Å². The minimum absolute atomic E-state index is 0.0370. The summed E-state index contributed by atoms with van der Waals surface area (Å²) in [5.74, 6) is -1.46. The fourth-order valence-corrected chi connectivity index (χ4v) is 4.03. The molecule has 7 nitrogen and oxygen atoms in total. The quantitative estimate of drug-likeness (QED) is 0.212. The van der Waals surface area contributed by atoms with Crippen molar-refractivity contribution in [2.24, 2.45) is 0 Å². The average Bonchev–Trinajstić information content (AvgIpc) is 3.07. The third kappa shape index (κ3) is 6.00. The van der Waals surface area contributed by atoms with Crippen LogP contribution in [0, 0.1) is 5.82 Å². The van der Waals surface area contributed by atoms with Crippen molar-refractivity contribution in [1.82, 2.24) is 4.90 Å². The molecule has 2 aromatic rings. The monoisotopic (exact) mass is 485 g/mol. The molecule has 1 unspecified atom stereocenters. The van der Waals surface area contributed by atoms with Gasteiger partial charge in [0.15, 0.2) is 0 Å². The van der Waals surface area contributed by atoms with Crippen molar-refractivity contribution in [2.45, 2.75) is 46.3 Å². The maximum absolute atomic E-state index is 13.7. The number of carbonyl (C=O) groups excluding carboxylic acids is 2.